The number of carbonyl (C=O) groups excluding carboxylic acids is 4. The SMILES string of the molecule is CC[C@@H]1OC(=O)[C@H](C)C(=O)[C@H](C)[C@@H](O[C@@H]2O[C@H](C)C[C@H](N(C)C)[C@H]2O)[C@@](C)(OCC#Cc2cc(-c3cnc4ccccc4c3)no2)C[C@@H](C)C(=O)[C@@H](C)[C@H]2NC(=O)O[C@]12C. The molecule has 3 aliphatic heterocycles. The van der Waals surface area contributed by atoms with Gasteiger partial charge in [-0.1, -0.05) is 57.0 Å². The number of esters is 1. The summed E-state index contributed by atoms with van der Waals surface area (Å²) >= 11 is 0. The number of nitrogens with zero attached hydrogens (tertiary/aromatic N) is 3. The summed E-state index contributed by atoms with van der Waals surface area (Å²) in [5, 5.41) is 19.5. The van der Waals surface area contributed by atoms with Crippen molar-refractivity contribution in [1.82, 2.24) is 20.4 Å². The van der Waals surface area contributed by atoms with E-state index in [1.54, 1.807) is 53.8 Å². The Kier molecular flexibility index (Phi) is 13.5. The fourth-order valence-electron chi connectivity index (χ4n) is 9.13. The largest absolute Gasteiger partial charge is 0.458 e. The van der Waals surface area contributed by atoms with Crippen molar-refractivity contribution in [2.75, 3.05) is 20.7 Å². The number of cyclic esters (lactones) is 1. The van der Waals surface area contributed by atoms with Crippen molar-refractivity contribution in [3.8, 4) is 23.1 Å². The molecule has 15 heteroatoms. The zero-order chi connectivity index (χ0) is 43.7. The highest BCUT2D eigenvalue weighted by Crippen LogP contribution is 2.40. The van der Waals surface area contributed by atoms with Crippen LogP contribution in [-0.2, 0) is 38.1 Å². The molecule has 324 valence electrons. The topological polar surface area (TPSA) is 189 Å². The highest BCUT2D eigenvalue weighted by Gasteiger charge is 2.57. The Morgan fingerprint density at radius 1 is 1.02 bits per heavy atom. The van der Waals surface area contributed by atoms with E-state index in [1.807, 2.05) is 56.3 Å². The Labute approximate surface area is 351 Å². The summed E-state index contributed by atoms with van der Waals surface area (Å²) in [6, 6.07) is 10.2. The number of para-hydroxylation sites is 1. The number of pyridine rings is 1. The van der Waals surface area contributed by atoms with Crippen LogP contribution in [0.4, 0.5) is 4.79 Å². The Bertz CT molecular complexity index is 2130. The van der Waals surface area contributed by atoms with Crippen LogP contribution in [0, 0.1) is 35.5 Å². The molecular formula is C45H58N4O11. The standard InChI is InChI=1S/C45H58N4O11/c1-11-35-45(8)39(47-43(54)59-45)26(4)36(50)24(2)22-44(7,55-18-14-16-31-21-33(48-60-31)30-20-29-15-12-13-17-32(29)46-23-30)40(27(5)37(51)28(6)41(53)57-35)58-42-38(52)34(49(9)10)19-25(3)56-42/h12-13,15,17,20-21,23-28,34-35,38-40,42,52H,11,18-19,22H2,1-10H3,(H,47,54)/t24-,25-,26-,27+,28-,34+,35+,38-,39-,40-,42+,44+,45-/m1/s1. The van der Waals surface area contributed by atoms with Crippen LogP contribution >= 0.6 is 0 Å². The van der Waals surface area contributed by atoms with E-state index in [2.05, 4.69) is 27.3 Å². The number of aromatic nitrogens is 2. The van der Waals surface area contributed by atoms with Gasteiger partial charge in [-0.2, -0.15) is 0 Å². The van der Waals surface area contributed by atoms with Gasteiger partial charge in [-0.15, -0.1) is 0 Å². The van der Waals surface area contributed by atoms with Gasteiger partial charge in [0.2, 0.25) is 5.76 Å². The van der Waals surface area contributed by atoms with Crippen LogP contribution in [0.15, 0.2) is 47.1 Å². The molecule has 0 saturated carbocycles. The first-order valence-corrected chi connectivity index (χ1v) is 20.7. The van der Waals surface area contributed by atoms with Gasteiger partial charge in [0.25, 0.3) is 0 Å². The van der Waals surface area contributed by atoms with Crippen molar-refractivity contribution < 1.29 is 52.5 Å². The lowest BCUT2D eigenvalue weighted by Crippen LogP contribution is -2.60. The van der Waals surface area contributed by atoms with Crippen LogP contribution in [0.2, 0.25) is 0 Å². The number of carbonyl (C=O) groups is 4. The smallest absolute Gasteiger partial charge is 0.408 e. The number of Topliss-reactive ketones (excluding diaryl/α,β-unsaturated/α-hetero) is 2. The number of ether oxygens (including phenoxy) is 5. The summed E-state index contributed by atoms with van der Waals surface area (Å²) in [5.41, 5.74) is -0.711. The number of ketones is 2. The first-order chi connectivity index (χ1) is 28.4. The molecule has 2 aromatic heterocycles. The lowest BCUT2D eigenvalue weighted by Gasteiger charge is -2.47. The number of amides is 1. The summed E-state index contributed by atoms with van der Waals surface area (Å²) in [6.07, 6.45) is -3.01. The van der Waals surface area contributed by atoms with E-state index in [1.165, 1.54) is 6.92 Å². The van der Waals surface area contributed by atoms with E-state index in [-0.39, 0.29) is 43.1 Å². The number of benzene rings is 1. The van der Waals surface area contributed by atoms with Gasteiger partial charge in [-0.3, -0.25) is 19.4 Å². The van der Waals surface area contributed by atoms with E-state index in [9.17, 15) is 24.3 Å². The minimum atomic E-state index is -1.46. The Morgan fingerprint density at radius 3 is 2.47 bits per heavy atom. The first kappa shape index (κ1) is 44.8. The number of aliphatic hydroxyl groups is 1. The third-order valence-electron chi connectivity index (χ3n) is 12.5. The molecular weight excluding hydrogens is 773 g/mol. The number of rotatable bonds is 7. The number of nitrogens with one attached hydrogen (secondary N) is 1. The maximum absolute atomic E-state index is 14.5. The molecule has 3 aromatic rings. The number of fused-ring (bicyclic) bond motifs is 2. The normalized spacial score (nSPS) is 35.5. The van der Waals surface area contributed by atoms with Gasteiger partial charge in [-0.05, 0) is 79.1 Å². The molecule has 15 nitrogen and oxygen atoms in total. The van der Waals surface area contributed by atoms with Crippen LogP contribution in [0.25, 0.3) is 22.2 Å². The van der Waals surface area contributed by atoms with Crippen LogP contribution in [0.5, 0.6) is 0 Å². The zero-order valence-electron chi connectivity index (χ0n) is 36.1. The number of hydrogen-bond acceptors (Lipinski definition) is 14. The monoisotopic (exact) mass is 830 g/mol. The molecule has 5 heterocycles. The van der Waals surface area contributed by atoms with E-state index < -0.39 is 83.4 Å². The third-order valence-corrected chi connectivity index (χ3v) is 12.5. The van der Waals surface area contributed by atoms with E-state index in [0.717, 1.165) is 16.5 Å². The number of hydrogen-bond donors (Lipinski definition) is 2. The number of likely N-dealkylation sites (N-methyl/N-ethyl adjacent to an activating group) is 1. The molecule has 0 unspecified atom stereocenters. The van der Waals surface area contributed by atoms with E-state index in [4.69, 9.17) is 28.2 Å². The van der Waals surface area contributed by atoms with Crippen molar-refractivity contribution in [3.05, 3.63) is 48.4 Å². The van der Waals surface area contributed by atoms with Gasteiger partial charge in [0.1, 0.15) is 36.2 Å². The maximum Gasteiger partial charge on any atom is 0.408 e. The van der Waals surface area contributed by atoms with Crippen LogP contribution in [0.3, 0.4) is 0 Å². The molecule has 0 bridgehead atoms. The second-order valence-electron chi connectivity index (χ2n) is 17.3. The zero-order valence-corrected chi connectivity index (χ0v) is 36.1. The molecule has 0 spiro atoms. The molecule has 2 N–H and O–H groups in total. The molecule has 13 atom stereocenters. The van der Waals surface area contributed by atoms with E-state index >= 15 is 0 Å². The van der Waals surface area contributed by atoms with Crippen molar-refractivity contribution in [1.29, 1.82) is 0 Å². The fraction of sp³-hybridized carbons (Fsp3) is 0.600. The quantitative estimate of drug-likeness (QED) is 0.182. The van der Waals surface area contributed by atoms with Gasteiger partial charge in [0.05, 0.1) is 29.4 Å². The predicted octanol–water partition coefficient (Wildman–Crippen LogP) is 5.10. The second kappa shape index (κ2) is 18.1. The molecule has 0 radical (unpaired) electrons. The number of alkyl carbamates (subject to hydrolysis) is 1. The predicted molar refractivity (Wildman–Crippen MR) is 219 cm³/mol. The molecule has 6 rings (SSSR count). The van der Waals surface area contributed by atoms with E-state index in [0.29, 0.717) is 12.1 Å². The maximum atomic E-state index is 14.5. The molecule has 0 aliphatic carbocycles. The van der Waals surface area contributed by atoms with Crippen molar-refractivity contribution in [2.45, 2.75) is 129 Å². The molecule has 3 fully saturated rings. The lowest BCUT2D eigenvalue weighted by atomic mass is 9.73. The summed E-state index contributed by atoms with van der Waals surface area (Å²) in [4.78, 5) is 62.0. The average Bonchev–Trinajstić information content (AvgIpc) is 3.82. The van der Waals surface area contributed by atoms with Crippen LogP contribution < -0.4 is 5.32 Å². The molecule has 3 saturated heterocycles. The van der Waals surface area contributed by atoms with Gasteiger partial charge >= 0.3 is 12.1 Å². The summed E-state index contributed by atoms with van der Waals surface area (Å²) in [5.74, 6) is 0.800. The van der Waals surface area contributed by atoms with Crippen LogP contribution in [0.1, 0.15) is 80.4 Å². The second-order valence-corrected chi connectivity index (χ2v) is 17.3. The lowest BCUT2D eigenvalue weighted by molar-refractivity contribution is -0.296. The summed E-state index contributed by atoms with van der Waals surface area (Å²) in [7, 11) is 3.71. The molecule has 1 aromatic carbocycles. The van der Waals surface area contributed by atoms with Gasteiger partial charge in [0.15, 0.2) is 17.7 Å². The molecule has 3 aliphatic rings. The minimum absolute atomic E-state index is 0.0192. The summed E-state index contributed by atoms with van der Waals surface area (Å²) < 4.78 is 36.8. The van der Waals surface area contributed by atoms with Crippen molar-refractivity contribution in [3.63, 3.8) is 0 Å². The summed E-state index contributed by atoms with van der Waals surface area (Å²) in [6.45, 7) is 13.4. The molecule has 60 heavy (non-hydrogen) atoms. The van der Waals surface area contributed by atoms with Crippen LogP contribution in [-0.4, -0.2) is 118 Å². The van der Waals surface area contributed by atoms with Gasteiger partial charge < -0.3 is 43.5 Å². The highest BCUT2D eigenvalue weighted by molar-refractivity contribution is 6.00. The van der Waals surface area contributed by atoms with Crippen molar-refractivity contribution >= 4 is 34.5 Å². The van der Waals surface area contributed by atoms with Crippen molar-refractivity contribution in [2.24, 2.45) is 23.7 Å². The Morgan fingerprint density at radius 2 is 1.75 bits per heavy atom. The highest BCUT2D eigenvalue weighted by atomic mass is 16.7. The fourth-order valence-corrected chi connectivity index (χ4v) is 9.13. The molecule has 1 amide bonds. The van der Waals surface area contributed by atoms with Gasteiger partial charge in [-0.25, -0.2) is 4.79 Å². The first-order valence-electron chi connectivity index (χ1n) is 20.7. The third kappa shape index (κ3) is 9.13. The number of aliphatic hydroxyl groups excluding tert-OH is 1. The Hall–Kier alpha value is -4.72. The minimum Gasteiger partial charge on any atom is -0.458 e. The van der Waals surface area contributed by atoms with Gasteiger partial charge in [0, 0.05) is 47.0 Å². The average molecular weight is 831 g/mol. The Balaban J connectivity index is 1.36.